The van der Waals surface area contributed by atoms with Gasteiger partial charge in [-0.2, -0.15) is 5.10 Å². The Morgan fingerprint density at radius 2 is 2.13 bits per heavy atom. The van der Waals surface area contributed by atoms with Gasteiger partial charge in [0, 0.05) is 25.6 Å². The first-order valence-electron chi connectivity index (χ1n) is 8.27. The highest BCUT2D eigenvalue weighted by molar-refractivity contribution is 7.71. The predicted octanol–water partition coefficient (Wildman–Crippen LogP) is 3.76. The lowest BCUT2D eigenvalue weighted by molar-refractivity contribution is 0.189. The highest BCUT2D eigenvalue weighted by Crippen LogP contribution is 2.39. The number of aromatic nitrogens is 3. The van der Waals surface area contributed by atoms with Crippen LogP contribution in [0.3, 0.4) is 0 Å². The van der Waals surface area contributed by atoms with Gasteiger partial charge in [0.2, 0.25) is 0 Å². The van der Waals surface area contributed by atoms with Gasteiger partial charge in [0.15, 0.2) is 4.77 Å². The van der Waals surface area contributed by atoms with Crippen LogP contribution in [0.2, 0.25) is 0 Å². The molecule has 2 aliphatic rings. The Morgan fingerprint density at radius 1 is 1.30 bits per heavy atom. The van der Waals surface area contributed by atoms with Crippen molar-refractivity contribution in [2.75, 3.05) is 6.54 Å². The van der Waals surface area contributed by atoms with Gasteiger partial charge >= 0.3 is 0 Å². The molecule has 1 saturated carbocycles. The molecule has 1 saturated heterocycles. The number of nitrogens with zero attached hydrogens (tertiary/aromatic N) is 4. The van der Waals surface area contributed by atoms with Crippen molar-refractivity contribution in [3.63, 3.8) is 0 Å². The van der Waals surface area contributed by atoms with Gasteiger partial charge in [-0.25, -0.2) is 9.07 Å². The normalized spacial score (nSPS) is 21.9. The molecule has 23 heavy (non-hydrogen) atoms. The maximum absolute atomic E-state index is 13.5. The fraction of sp³-hybridized carbons (Fsp3) is 0.529. The maximum atomic E-state index is 13.5. The van der Waals surface area contributed by atoms with E-state index in [1.165, 1.54) is 18.9 Å². The average molecular weight is 332 g/mol. The van der Waals surface area contributed by atoms with Gasteiger partial charge in [0.1, 0.15) is 11.6 Å². The minimum absolute atomic E-state index is 0.167. The van der Waals surface area contributed by atoms with Crippen LogP contribution in [-0.4, -0.2) is 25.8 Å². The average Bonchev–Trinajstić information content (AvgIpc) is 3.21. The Hall–Kier alpha value is -1.53. The van der Waals surface area contributed by atoms with Crippen LogP contribution in [0.25, 0.3) is 0 Å². The molecule has 1 aromatic carbocycles. The zero-order valence-electron chi connectivity index (χ0n) is 13.3. The largest absolute Gasteiger partial charge is 0.307 e. The molecule has 6 heteroatoms. The Balaban J connectivity index is 1.58. The van der Waals surface area contributed by atoms with E-state index in [0.717, 1.165) is 35.5 Å². The van der Waals surface area contributed by atoms with Gasteiger partial charge in [0.25, 0.3) is 0 Å². The van der Waals surface area contributed by atoms with Gasteiger partial charge < -0.3 is 4.57 Å². The number of hydrogen-bond donors (Lipinski definition) is 0. The van der Waals surface area contributed by atoms with Crippen molar-refractivity contribution < 1.29 is 4.39 Å². The molecule has 2 aromatic rings. The van der Waals surface area contributed by atoms with Crippen LogP contribution >= 0.6 is 12.2 Å². The van der Waals surface area contributed by atoms with Gasteiger partial charge in [-0.05, 0) is 55.6 Å². The third kappa shape index (κ3) is 2.85. The summed E-state index contributed by atoms with van der Waals surface area (Å²) < 4.78 is 18.3. The SMILES string of the molecule is Cn1c(C2CC2)nn(CN2CCC[C@H]2c2cccc(F)c2)c1=S. The fourth-order valence-corrected chi connectivity index (χ4v) is 3.74. The molecule has 0 bridgehead atoms. The van der Waals surface area contributed by atoms with Crippen LogP contribution in [0.1, 0.15) is 49.0 Å². The monoisotopic (exact) mass is 332 g/mol. The first-order chi connectivity index (χ1) is 11.1. The minimum Gasteiger partial charge on any atom is -0.307 e. The lowest BCUT2D eigenvalue weighted by atomic mass is 10.0. The molecule has 0 unspecified atom stereocenters. The molecule has 1 aromatic heterocycles. The van der Waals surface area contributed by atoms with Crippen molar-refractivity contribution in [2.24, 2.45) is 7.05 Å². The Bertz CT molecular complexity index is 777. The molecule has 4 nitrogen and oxygen atoms in total. The first-order valence-corrected chi connectivity index (χ1v) is 8.67. The van der Waals surface area contributed by atoms with Crippen LogP contribution in [-0.2, 0) is 13.7 Å². The molecule has 1 aliphatic carbocycles. The van der Waals surface area contributed by atoms with Crippen LogP contribution < -0.4 is 0 Å². The van der Waals surface area contributed by atoms with E-state index in [4.69, 9.17) is 17.3 Å². The summed E-state index contributed by atoms with van der Waals surface area (Å²) in [5.74, 6) is 1.52. The van der Waals surface area contributed by atoms with Crippen molar-refractivity contribution in [3.05, 3.63) is 46.2 Å². The molecule has 0 radical (unpaired) electrons. The van der Waals surface area contributed by atoms with Gasteiger partial charge in [-0.15, -0.1) is 0 Å². The van der Waals surface area contributed by atoms with Crippen molar-refractivity contribution >= 4 is 12.2 Å². The van der Waals surface area contributed by atoms with E-state index in [2.05, 4.69) is 4.90 Å². The molecule has 2 heterocycles. The van der Waals surface area contributed by atoms with E-state index in [-0.39, 0.29) is 11.9 Å². The minimum atomic E-state index is -0.167. The maximum Gasteiger partial charge on any atom is 0.198 e. The summed E-state index contributed by atoms with van der Waals surface area (Å²) in [4.78, 5) is 2.36. The van der Waals surface area contributed by atoms with Crippen LogP contribution in [0, 0.1) is 10.6 Å². The molecule has 0 amide bonds. The third-order valence-electron chi connectivity index (χ3n) is 4.93. The summed E-state index contributed by atoms with van der Waals surface area (Å²) in [5.41, 5.74) is 1.05. The summed E-state index contributed by atoms with van der Waals surface area (Å²) in [5, 5.41) is 4.74. The molecule has 4 rings (SSSR count). The molecule has 0 N–H and O–H groups in total. The van der Waals surface area contributed by atoms with E-state index >= 15 is 0 Å². The van der Waals surface area contributed by atoms with Crippen LogP contribution in [0.5, 0.6) is 0 Å². The fourth-order valence-electron chi connectivity index (χ4n) is 3.55. The van der Waals surface area contributed by atoms with Crippen LogP contribution in [0.15, 0.2) is 24.3 Å². The highest BCUT2D eigenvalue weighted by Gasteiger charge is 2.31. The second-order valence-electron chi connectivity index (χ2n) is 6.64. The van der Waals surface area contributed by atoms with Gasteiger partial charge in [0.05, 0.1) is 6.67 Å². The number of halogens is 1. The quantitative estimate of drug-likeness (QED) is 0.797. The van der Waals surface area contributed by atoms with Gasteiger partial charge in [-0.3, -0.25) is 4.90 Å². The molecule has 2 fully saturated rings. The van der Waals surface area contributed by atoms with E-state index in [0.29, 0.717) is 12.6 Å². The second-order valence-corrected chi connectivity index (χ2v) is 7.01. The third-order valence-corrected chi connectivity index (χ3v) is 5.41. The Kier molecular flexibility index (Phi) is 3.81. The molecular weight excluding hydrogens is 311 g/mol. The summed E-state index contributed by atoms with van der Waals surface area (Å²) in [6, 6.07) is 7.20. The zero-order valence-corrected chi connectivity index (χ0v) is 14.1. The smallest absolute Gasteiger partial charge is 0.198 e. The highest BCUT2D eigenvalue weighted by atomic mass is 32.1. The van der Waals surface area contributed by atoms with E-state index in [1.807, 2.05) is 22.4 Å². The number of likely N-dealkylation sites (tertiary alicyclic amines) is 1. The topological polar surface area (TPSA) is 26.0 Å². The second kappa shape index (κ2) is 5.83. The Morgan fingerprint density at radius 3 is 2.87 bits per heavy atom. The van der Waals surface area contributed by atoms with Crippen LogP contribution in [0.4, 0.5) is 4.39 Å². The molecule has 0 spiro atoms. The lowest BCUT2D eigenvalue weighted by Crippen LogP contribution is -2.27. The van der Waals surface area contributed by atoms with Gasteiger partial charge in [-0.1, -0.05) is 12.1 Å². The molecule has 122 valence electrons. The Labute approximate surface area is 140 Å². The number of benzene rings is 1. The van der Waals surface area contributed by atoms with E-state index < -0.39 is 0 Å². The summed E-state index contributed by atoms with van der Waals surface area (Å²) in [6.07, 6.45) is 4.61. The van der Waals surface area contributed by atoms with Crippen molar-refractivity contribution in [1.29, 1.82) is 0 Å². The van der Waals surface area contributed by atoms with Crippen molar-refractivity contribution in [1.82, 2.24) is 19.2 Å². The van der Waals surface area contributed by atoms with E-state index in [1.54, 1.807) is 12.1 Å². The lowest BCUT2D eigenvalue weighted by Gasteiger charge is -2.24. The first kappa shape index (κ1) is 15.0. The summed E-state index contributed by atoms with van der Waals surface area (Å²) in [7, 11) is 2.01. The predicted molar refractivity (Wildman–Crippen MR) is 89.1 cm³/mol. The van der Waals surface area contributed by atoms with E-state index in [9.17, 15) is 4.39 Å². The number of hydrogen-bond acceptors (Lipinski definition) is 3. The van der Waals surface area contributed by atoms with Crippen molar-refractivity contribution in [3.8, 4) is 0 Å². The summed E-state index contributed by atoms with van der Waals surface area (Å²) in [6.45, 7) is 1.68. The summed E-state index contributed by atoms with van der Waals surface area (Å²) >= 11 is 5.55. The molecule has 1 atom stereocenters. The molecule has 1 aliphatic heterocycles. The number of rotatable bonds is 4. The zero-order chi connectivity index (χ0) is 16.0. The molecular formula is C17H21FN4S. The standard InChI is InChI=1S/C17H21FN4S/c1-20-16(12-7-8-12)19-22(17(20)23)11-21-9-3-6-15(21)13-4-2-5-14(18)10-13/h2,4-5,10,12,15H,3,6-9,11H2,1H3/t15-/m0/s1. The van der Waals surface area contributed by atoms with Crippen molar-refractivity contribution in [2.45, 2.75) is 44.3 Å².